The van der Waals surface area contributed by atoms with Crippen LogP contribution in [0.15, 0.2) is 12.1 Å². The number of benzene rings is 1. The number of hydrogen-bond acceptors (Lipinski definition) is 5. The van der Waals surface area contributed by atoms with E-state index in [0.29, 0.717) is 29.1 Å². The Hall–Kier alpha value is -2.24. The van der Waals surface area contributed by atoms with Gasteiger partial charge in [0.05, 0.1) is 14.2 Å². The van der Waals surface area contributed by atoms with Crippen molar-refractivity contribution in [2.24, 2.45) is 0 Å². The van der Waals surface area contributed by atoms with E-state index in [1.807, 2.05) is 13.8 Å². The minimum atomic E-state index is -0.229. The quantitative estimate of drug-likeness (QED) is 0.740. The highest BCUT2D eigenvalue weighted by Gasteiger charge is 2.16. The fourth-order valence-electron chi connectivity index (χ4n) is 1.67. The monoisotopic (exact) mass is 295 g/mol. The molecule has 1 aromatic rings. The Morgan fingerprint density at radius 2 is 1.86 bits per heavy atom. The maximum absolute atomic E-state index is 11.7. The lowest BCUT2D eigenvalue weighted by Crippen LogP contribution is -2.35. The zero-order chi connectivity index (χ0) is 15.8. The standard InChI is InChI=1S/C15H21NO5/c1-5-10(2)16-14(18)9-21-15-12(19-3)6-11(8-17)7-13(15)20-4/h6-8,10H,5,9H2,1-4H3,(H,16,18). The molecule has 6 heteroatoms. The third-order valence-electron chi connectivity index (χ3n) is 2.99. The highest BCUT2D eigenvalue weighted by Crippen LogP contribution is 2.38. The minimum Gasteiger partial charge on any atom is -0.493 e. The fraction of sp³-hybridized carbons (Fsp3) is 0.467. The SMILES string of the molecule is CCC(C)NC(=O)COc1c(OC)cc(C=O)cc1OC. The Morgan fingerprint density at radius 1 is 1.29 bits per heavy atom. The van der Waals surface area contributed by atoms with E-state index < -0.39 is 0 Å². The highest BCUT2D eigenvalue weighted by molar-refractivity contribution is 5.80. The topological polar surface area (TPSA) is 73.9 Å². The zero-order valence-corrected chi connectivity index (χ0v) is 12.8. The van der Waals surface area contributed by atoms with Crippen molar-refractivity contribution in [1.82, 2.24) is 5.32 Å². The summed E-state index contributed by atoms with van der Waals surface area (Å²) in [6.45, 7) is 3.74. The predicted molar refractivity (Wildman–Crippen MR) is 78.3 cm³/mol. The van der Waals surface area contributed by atoms with Crippen LogP contribution in [0.4, 0.5) is 0 Å². The molecule has 0 saturated carbocycles. The number of carbonyl (C=O) groups excluding carboxylic acids is 2. The second-order valence-corrected chi connectivity index (χ2v) is 4.54. The number of aldehydes is 1. The van der Waals surface area contributed by atoms with Gasteiger partial charge in [-0.25, -0.2) is 0 Å². The predicted octanol–water partition coefficient (Wildman–Crippen LogP) is 1.81. The van der Waals surface area contributed by atoms with Crippen LogP contribution in [-0.4, -0.2) is 39.1 Å². The van der Waals surface area contributed by atoms with Crippen LogP contribution in [0.1, 0.15) is 30.6 Å². The van der Waals surface area contributed by atoms with Crippen LogP contribution in [0.3, 0.4) is 0 Å². The summed E-state index contributed by atoms with van der Waals surface area (Å²) in [4.78, 5) is 22.6. The molecule has 116 valence electrons. The Bertz CT molecular complexity index is 476. The molecular formula is C15H21NO5. The molecule has 6 nitrogen and oxygen atoms in total. The Kier molecular flexibility index (Phi) is 6.52. The van der Waals surface area contributed by atoms with E-state index in [9.17, 15) is 9.59 Å². The number of methoxy groups -OCH3 is 2. The first kappa shape index (κ1) is 16.8. The molecule has 0 aromatic heterocycles. The summed E-state index contributed by atoms with van der Waals surface area (Å²) in [5, 5.41) is 2.80. The summed E-state index contributed by atoms with van der Waals surface area (Å²) in [5.41, 5.74) is 0.403. The lowest BCUT2D eigenvalue weighted by Gasteiger charge is -2.16. The molecule has 1 unspecified atom stereocenters. The van der Waals surface area contributed by atoms with E-state index >= 15 is 0 Å². The maximum atomic E-state index is 11.7. The Labute approximate surface area is 124 Å². The molecule has 0 aliphatic heterocycles. The van der Waals surface area contributed by atoms with E-state index in [4.69, 9.17) is 14.2 Å². The summed E-state index contributed by atoms with van der Waals surface area (Å²) < 4.78 is 15.8. The molecule has 0 radical (unpaired) electrons. The number of nitrogens with one attached hydrogen (secondary N) is 1. The molecule has 0 saturated heterocycles. The van der Waals surface area contributed by atoms with Crippen molar-refractivity contribution < 1.29 is 23.8 Å². The number of carbonyl (C=O) groups is 2. The van der Waals surface area contributed by atoms with E-state index in [1.165, 1.54) is 26.4 Å². The van der Waals surface area contributed by atoms with E-state index in [-0.39, 0.29) is 18.6 Å². The first-order valence-corrected chi connectivity index (χ1v) is 6.69. The largest absolute Gasteiger partial charge is 0.493 e. The average molecular weight is 295 g/mol. The lowest BCUT2D eigenvalue weighted by atomic mass is 10.2. The van der Waals surface area contributed by atoms with Gasteiger partial charge in [-0.15, -0.1) is 0 Å². The van der Waals surface area contributed by atoms with Crippen LogP contribution in [0.5, 0.6) is 17.2 Å². The second-order valence-electron chi connectivity index (χ2n) is 4.54. The lowest BCUT2D eigenvalue weighted by molar-refractivity contribution is -0.123. The molecule has 0 aliphatic carbocycles. The van der Waals surface area contributed by atoms with Crippen molar-refractivity contribution >= 4 is 12.2 Å². The Morgan fingerprint density at radius 3 is 2.29 bits per heavy atom. The smallest absolute Gasteiger partial charge is 0.258 e. The number of hydrogen-bond donors (Lipinski definition) is 1. The van der Waals surface area contributed by atoms with Crippen LogP contribution in [0, 0.1) is 0 Å². The van der Waals surface area contributed by atoms with Crippen molar-refractivity contribution in [3.63, 3.8) is 0 Å². The van der Waals surface area contributed by atoms with Crippen LogP contribution < -0.4 is 19.5 Å². The molecule has 1 atom stereocenters. The van der Waals surface area contributed by atoms with Gasteiger partial charge in [0, 0.05) is 11.6 Å². The van der Waals surface area contributed by atoms with Gasteiger partial charge in [-0.3, -0.25) is 9.59 Å². The van der Waals surface area contributed by atoms with Gasteiger partial charge in [-0.05, 0) is 25.5 Å². The Balaban J connectivity index is 2.86. The van der Waals surface area contributed by atoms with Crippen LogP contribution in [0.2, 0.25) is 0 Å². The van der Waals surface area contributed by atoms with Gasteiger partial charge in [0.25, 0.3) is 5.91 Å². The van der Waals surface area contributed by atoms with Gasteiger partial charge < -0.3 is 19.5 Å². The molecule has 0 aliphatic rings. The van der Waals surface area contributed by atoms with Crippen molar-refractivity contribution in [3.8, 4) is 17.2 Å². The number of ether oxygens (including phenoxy) is 3. The van der Waals surface area contributed by atoms with Crippen LogP contribution >= 0.6 is 0 Å². The van der Waals surface area contributed by atoms with Gasteiger partial charge in [-0.1, -0.05) is 6.92 Å². The van der Waals surface area contributed by atoms with Crippen molar-refractivity contribution in [2.75, 3.05) is 20.8 Å². The van der Waals surface area contributed by atoms with Crippen molar-refractivity contribution in [1.29, 1.82) is 0 Å². The molecule has 0 bridgehead atoms. The van der Waals surface area contributed by atoms with Gasteiger partial charge in [0.1, 0.15) is 6.29 Å². The summed E-state index contributed by atoms with van der Waals surface area (Å²) >= 11 is 0. The summed E-state index contributed by atoms with van der Waals surface area (Å²) in [6.07, 6.45) is 1.52. The molecule has 0 spiro atoms. The molecule has 1 amide bonds. The number of rotatable bonds is 8. The second kappa shape index (κ2) is 8.14. The molecule has 0 heterocycles. The van der Waals surface area contributed by atoms with Gasteiger partial charge in [-0.2, -0.15) is 0 Å². The summed E-state index contributed by atoms with van der Waals surface area (Å²) in [6, 6.07) is 3.14. The zero-order valence-electron chi connectivity index (χ0n) is 12.8. The van der Waals surface area contributed by atoms with Gasteiger partial charge in [0.15, 0.2) is 18.1 Å². The molecular weight excluding hydrogens is 274 g/mol. The highest BCUT2D eigenvalue weighted by atomic mass is 16.5. The third-order valence-corrected chi connectivity index (χ3v) is 2.99. The normalized spacial score (nSPS) is 11.4. The molecule has 1 aromatic carbocycles. The first-order chi connectivity index (χ1) is 10.0. The molecule has 21 heavy (non-hydrogen) atoms. The van der Waals surface area contributed by atoms with Crippen molar-refractivity contribution in [3.05, 3.63) is 17.7 Å². The molecule has 1 N–H and O–H groups in total. The summed E-state index contributed by atoms with van der Waals surface area (Å²) in [7, 11) is 2.91. The van der Waals surface area contributed by atoms with Crippen LogP contribution in [0.25, 0.3) is 0 Å². The third kappa shape index (κ3) is 4.66. The average Bonchev–Trinajstić information content (AvgIpc) is 2.51. The van der Waals surface area contributed by atoms with E-state index in [0.717, 1.165) is 6.42 Å². The maximum Gasteiger partial charge on any atom is 0.258 e. The van der Waals surface area contributed by atoms with E-state index in [1.54, 1.807) is 0 Å². The molecule has 0 fully saturated rings. The van der Waals surface area contributed by atoms with Crippen LogP contribution in [-0.2, 0) is 4.79 Å². The van der Waals surface area contributed by atoms with Gasteiger partial charge in [0.2, 0.25) is 5.75 Å². The van der Waals surface area contributed by atoms with Crippen molar-refractivity contribution in [2.45, 2.75) is 26.3 Å². The first-order valence-electron chi connectivity index (χ1n) is 6.69. The molecule has 1 rings (SSSR count). The van der Waals surface area contributed by atoms with E-state index in [2.05, 4.69) is 5.32 Å². The van der Waals surface area contributed by atoms with Gasteiger partial charge >= 0.3 is 0 Å². The fourth-order valence-corrected chi connectivity index (χ4v) is 1.67. The summed E-state index contributed by atoms with van der Waals surface area (Å²) in [5.74, 6) is 0.749. The number of amides is 1. The minimum absolute atomic E-state index is 0.0855.